The zero-order valence-electron chi connectivity index (χ0n) is 15.1. The molecule has 0 saturated carbocycles. The summed E-state index contributed by atoms with van der Waals surface area (Å²) in [6.45, 7) is 0.0802. The van der Waals surface area contributed by atoms with Gasteiger partial charge < -0.3 is 9.73 Å². The molecule has 1 aliphatic carbocycles. The van der Waals surface area contributed by atoms with E-state index in [0.717, 1.165) is 0 Å². The molecule has 0 radical (unpaired) electrons. The average Bonchev–Trinajstić information content (AvgIpc) is 3.25. The van der Waals surface area contributed by atoms with Gasteiger partial charge in [-0.05, 0) is 36.4 Å². The van der Waals surface area contributed by atoms with E-state index in [2.05, 4.69) is 10.3 Å². The molecule has 4 rings (SSSR count). The topological polar surface area (TPSA) is 88.7 Å². The Morgan fingerprint density at radius 3 is 2.41 bits per heavy atom. The van der Waals surface area contributed by atoms with Gasteiger partial charge in [-0.3, -0.25) is 19.4 Å². The van der Waals surface area contributed by atoms with E-state index in [-0.39, 0.29) is 29.2 Å². The monoisotopic (exact) mass is 406 g/mol. The molecule has 7 heteroatoms. The Kier molecular flexibility index (Phi) is 5.10. The maximum absolute atomic E-state index is 13.1. The van der Waals surface area contributed by atoms with Crippen molar-refractivity contribution in [2.75, 3.05) is 0 Å². The van der Waals surface area contributed by atoms with Gasteiger partial charge in [0, 0.05) is 21.7 Å². The van der Waals surface area contributed by atoms with E-state index in [1.165, 1.54) is 6.26 Å². The summed E-state index contributed by atoms with van der Waals surface area (Å²) in [6, 6.07) is 15.0. The van der Waals surface area contributed by atoms with Crippen LogP contribution in [-0.4, -0.2) is 29.2 Å². The fourth-order valence-corrected chi connectivity index (χ4v) is 3.25. The molecule has 1 unspecified atom stereocenters. The van der Waals surface area contributed by atoms with Crippen LogP contribution in [0.3, 0.4) is 0 Å². The lowest BCUT2D eigenvalue weighted by Gasteiger charge is -2.25. The first-order valence-electron chi connectivity index (χ1n) is 8.85. The number of hydrogen-bond donors (Lipinski definition) is 1. The Balaban J connectivity index is 1.70. The Hall–Kier alpha value is -3.51. The van der Waals surface area contributed by atoms with Crippen LogP contribution in [0.4, 0.5) is 0 Å². The lowest BCUT2D eigenvalue weighted by Crippen LogP contribution is -2.52. The maximum atomic E-state index is 13.1. The molecule has 6 nitrogen and oxygen atoms in total. The van der Waals surface area contributed by atoms with E-state index in [1.54, 1.807) is 60.7 Å². The number of hydrogen-bond acceptors (Lipinski definition) is 5. The van der Waals surface area contributed by atoms with Crippen LogP contribution in [0.5, 0.6) is 0 Å². The number of furan rings is 1. The van der Waals surface area contributed by atoms with Gasteiger partial charge in [0.15, 0.2) is 5.78 Å². The molecule has 0 saturated heterocycles. The van der Waals surface area contributed by atoms with Crippen molar-refractivity contribution in [2.24, 2.45) is 4.99 Å². The first kappa shape index (κ1) is 18.8. The summed E-state index contributed by atoms with van der Waals surface area (Å²) in [5, 5.41) is 3.13. The highest BCUT2D eigenvalue weighted by Crippen LogP contribution is 2.21. The highest BCUT2D eigenvalue weighted by atomic mass is 35.5. The number of aliphatic imine (C=N–C) groups is 1. The molecule has 1 N–H and O–H groups in total. The fraction of sp³-hybridized carbons (Fsp3) is 0.0909. The fourth-order valence-electron chi connectivity index (χ4n) is 3.12. The van der Waals surface area contributed by atoms with Crippen LogP contribution in [0.25, 0.3) is 0 Å². The molecule has 0 spiro atoms. The maximum Gasteiger partial charge on any atom is 0.252 e. The molecule has 1 aliphatic rings. The van der Waals surface area contributed by atoms with Crippen LogP contribution in [0.15, 0.2) is 76.3 Å². The number of halogens is 1. The van der Waals surface area contributed by atoms with E-state index in [0.29, 0.717) is 16.3 Å². The molecule has 0 aliphatic heterocycles. The minimum atomic E-state index is -1.18. The number of benzene rings is 2. The first-order chi connectivity index (χ1) is 14.0. The normalized spacial score (nSPS) is 17.3. The number of nitrogens with zero attached hydrogens (tertiary/aromatic N) is 1. The zero-order valence-corrected chi connectivity index (χ0v) is 15.8. The molecule has 1 heterocycles. The van der Waals surface area contributed by atoms with E-state index in [4.69, 9.17) is 16.0 Å². The van der Waals surface area contributed by atoms with Crippen molar-refractivity contribution >= 4 is 34.8 Å². The van der Waals surface area contributed by atoms with Crippen molar-refractivity contribution in [1.29, 1.82) is 0 Å². The van der Waals surface area contributed by atoms with Crippen molar-refractivity contribution in [3.63, 3.8) is 0 Å². The standard InChI is InChI=1S/C22H15ClN2O4/c23-14-9-7-13(8-10-14)22(28)25-19-18(24-12-15-4-3-11-29-15)20(26)16-5-1-2-6-17(16)21(19)27/h1-11,19H,12H2,(H,25,28). The quantitative estimate of drug-likeness (QED) is 0.714. The van der Waals surface area contributed by atoms with Gasteiger partial charge in [0.1, 0.15) is 17.5 Å². The van der Waals surface area contributed by atoms with Gasteiger partial charge in [-0.15, -0.1) is 0 Å². The van der Waals surface area contributed by atoms with Crippen molar-refractivity contribution in [2.45, 2.75) is 12.6 Å². The van der Waals surface area contributed by atoms with Gasteiger partial charge in [0.2, 0.25) is 5.78 Å². The summed E-state index contributed by atoms with van der Waals surface area (Å²) in [4.78, 5) is 43.1. The lowest BCUT2D eigenvalue weighted by molar-refractivity contribution is 0.0871. The largest absolute Gasteiger partial charge is 0.467 e. The molecular formula is C22H15ClN2O4. The number of amides is 1. The summed E-state index contributed by atoms with van der Waals surface area (Å²) < 4.78 is 5.25. The molecule has 1 amide bonds. The van der Waals surface area contributed by atoms with E-state index in [9.17, 15) is 14.4 Å². The Bertz CT molecular complexity index is 1120. The van der Waals surface area contributed by atoms with Crippen LogP contribution in [0, 0.1) is 0 Å². The van der Waals surface area contributed by atoms with Gasteiger partial charge in [-0.25, -0.2) is 0 Å². The molecule has 2 aromatic carbocycles. The third-order valence-electron chi connectivity index (χ3n) is 4.57. The third kappa shape index (κ3) is 3.75. The summed E-state index contributed by atoms with van der Waals surface area (Å²) in [6.07, 6.45) is 1.50. The minimum absolute atomic E-state index is 0.0209. The number of Topliss-reactive ketones (excluding diaryl/α,β-unsaturated/α-hetero) is 2. The van der Waals surface area contributed by atoms with Crippen molar-refractivity contribution in [3.8, 4) is 0 Å². The SMILES string of the molecule is O=C(NC1C(=O)c2ccccc2C(=O)C1=NCc1ccco1)c1ccc(Cl)cc1. The highest BCUT2D eigenvalue weighted by Gasteiger charge is 2.39. The molecule has 144 valence electrons. The third-order valence-corrected chi connectivity index (χ3v) is 4.82. The smallest absolute Gasteiger partial charge is 0.252 e. The molecule has 1 atom stereocenters. The Labute approximate surface area is 171 Å². The molecule has 29 heavy (non-hydrogen) atoms. The second kappa shape index (κ2) is 7.85. The summed E-state index contributed by atoms with van der Waals surface area (Å²) in [5.41, 5.74) is 0.829. The second-order valence-corrected chi connectivity index (χ2v) is 6.87. The van der Waals surface area contributed by atoms with E-state index < -0.39 is 17.7 Å². The zero-order chi connectivity index (χ0) is 20.4. The predicted octanol–water partition coefficient (Wildman–Crippen LogP) is 3.75. The Morgan fingerprint density at radius 1 is 1.00 bits per heavy atom. The van der Waals surface area contributed by atoms with Crippen LogP contribution in [-0.2, 0) is 6.54 Å². The Morgan fingerprint density at radius 2 is 1.72 bits per heavy atom. The lowest BCUT2D eigenvalue weighted by atomic mass is 9.84. The molecular weight excluding hydrogens is 392 g/mol. The van der Waals surface area contributed by atoms with Gasteiger partial charge in [0.25, 0.3) is 5.91 Å². The summed E-state index contributed by atoms with van der Waals surface area (Å²) in [7, 11) is 0. The van der Waals surface area contributed by atoms with Gasteiger partial charge in [-0.2, -0.15) is 0 Å². The van der Waals surface area contributed by atoms with Gasteiger partial charge in [0.05, 0.1) is 12.8 Å². The van der Waals surface area contributed by atoms with Crippen LogP contribution in [0.2, 0.25) is 5.02 Å². The summed E-state index contributed by atoms with van der Waals surface area (Å²) >= 11 is 5.86. The van der Waals surface area contributed by atoms with Crippen molar-refractivity contribution in [1.82, 2.24) is 5.32 Å². The number of carbonyl (C=O) groups excluding carboxylic acids is 3. The van der Waals surface area contributed by atoms with Crippen LogP contribution < -0.4 is 5.32 Å². The van der Waals surface area contributed by atoms with Crippen molar-refractivity contribution in [3.05, 3.63) is 94.4 Å². The second-order valence-electron chi connectivity index (χ2n) is 6.43. The minimum Gasteiger partial charge on any atom is -0.467 e. The van der Waals surface area contributed by atoms with E-state index >= 15 is 0 Å². The molecule has 0 bridgehead atoms. The number of nitrogens with one attached hydrogen (secondary N) is 1. The number of carbonyl (C=O) groups is 3. The molecule has 3 aromatic rings. The predicted molar refractivity (Wildman–Crippen MR) is 108 cm³/mol. The van der Waals surface area contributed by atoms with Crippen LogP contribution >= 0.6 is 11.6 Å². The van der Waals surface area contributed by atoms with Gasteiger partial charge in [-0.1, -0.05) is 35.9 Å². The molecule has 0 fully saturated rings. The first-order valence-corrected chi connectivity index (χ1v) is 9.23. The van der Waals surface area contributed by atoms with Gasteiger partial charge >= 0.3 is 0 Å². The molecule has 1 aromatic heterocycles. The van der Waals surface area contributed by atoms with Crippen LogP contribution in [0.1, 0.15) is 36.8 Å². The number of ketones is 2. The average molecular weight is 407 g/mol. The number of rotatable bonds is 4. The van der Waals surface area contributed by atoms with E-state index in [1.807, 2.05) is 0 Å². The highest BCUT2D eigenvalue weighted by molar-refractivity contribution is 6.55. The summed E-state index contributed by atoms with van der Waals surface area (Å²) in [5.74, 6) is -0.744. The number of fused-ring (bicyclic) bond motifs is 1. The van der Waals surface area contributed by atoms with Crippen molar-refractivity contribution < 1.29 is 18.8 Å².